The van der Waals surface area contributed by atoms with Crippen LogP contribution in [0, 0.1) is 0 Å². The van der Waals surface area contributed by atoms with Crippen LogP contribution >= 0.6 is 0 Å². The van der Waals surface area contributed by atoms with E-state index in [9.17, 15) is 4.79 Å². The number of nitrogens with two attached hydrogens (primary N) is 1. The molecule has 0 aliphatic rings. The number of fused-ring (bicyclic) bond motifs is 1. The number of anilines is 2. The first kappa shape index (κ1) is 10.2. The van der Waals surface area contributed by atoms with Crippen LogP contribution in [0.1, 0.15) is 0 Å². The third kappa shape index (κ3) is 1.88. The molecule has 1 amide bonds. The van der Waals surface area contributed by atoms with Gasteiger partial charge in [0.1, 0.15) is 5.82 Å². The summed E-state index contributed by atoms with van der Waals surface area (Å²) in [5.74, 6) is 0.759. The zero-order valence-electron chi connectivity index (χ0n) is 8.77. The first-order valence-corrected chi connectivity index (χ1v) is 4.74. The zero-order chi connectivity index (χ0) is 11.5. The molecule has 0 spiro atoms. The second kappa shape index (κ2) is 4.05. The van der Waals surface area contributed by atoms with Crippen molar-refractivity contribution in [1.82, 2.24) is 14.4 Å². The Morgan fingerprint density at radius 1 is 1.62 bits per heavy atom. The van der Waals surface area contributed by atoms with E-state index in [0.29, 0.717) is 17.3 Å². The van der Waals surface area contributed by atoms with Crippen molar-refractivity contribution < 1.29 is 4.79 Å². The molecule has 0 aliphatic carbocycles. The van der Waals surface area contributed by atoms with Crippen molar-refractivity contribution in [3.8, 4) is 0 Å². The van der Waals surface area contributed by atoms with E-state index < -0.39 is 5.91 Å². The number of hydrogen-bond acceptors (Lipinski definition) is 5. The van der Waals surface area contributed by atoms with E-state index in [1.807, 2.05) is 4.40 Å². The number of hydrogen-bond donors (Lipinski definition) is 3. The van der Waals surface area contributed by atoms with Gasteiger partial charge in [-0.3, -0.25) is 4.79 Å². The standard InChI is InChI=1S/C9H12N6O/c1-11-7-5-15-3-2-12-9(15)8(14-7)13-4-6(10)16/h2-3,5,11H,4H2,1H3,(H2,10,16)(H,13,14). The maximum atomic E-state index is 10.7. The lowest BCUT2D eigenvalue weighted by atomic mass is 10.5. The molecular formula is C9H12N6O. The number of primary amides is 1. The van der Waals surface area contributed by atoms with Crippen LogP contribution in [-0.4, -0.2) is 33.9 Å². The highest BCUT2D eigenvalue weighted by molar-refractivity contribution is 5.80. The molecule has 84 valence electrons. The van der Waals surface area contributed by atoms with Gasteiger partial charge in [-0.1, -0.05) is 0 Å². The predicted molar refractivity (Wildman–Crippen MR) is 60.2 cm³/mol. The van der Waals surface area contributed by atoms with Gasteiger partial charge < -0.3 is 20.8 Å². The molecule has 16 heavy (non-hydrogen) atoms. The largest absolute Gasteiger partial charge is 0.372 e. The van der Waals surface area contributed by atoms with Gasteiger partial charge in [0.05, 0.1) is 12.7 Å². The number of aromatic nitrogens is 3. The molecule has 0 saturated carbocycles. The highest BCUT2D eigenvalue weighted by Crippen LogP contribution is 2.15. The maximum absolute atomic E-state index is 10.7. The molecule has 2 rings (SSSR count). The van der Waals surface area contributed by atoms with Gasteiger partial charge in [0.2, 0.25) is 5.91 Å². The Morgan fingerprint density at radius 2 is 2.44 bits per heavy atom. The Kier molecular flexibility index (Phi) is 2.59. The van der Waals surface area contributed by atoms with Crippen molar-refractivity contribution in [2.45, 2.75) is 0 Å². The number of amides is 1. The number of carbonyl (C=O) groups is 1. The second-order valence-electron chi connectivity index (χ2n) is 3.20. The number of imidazole rings is 1. The van der Waals surface area contributed by atoms with Crippen molar-refractivity contribution in [2.75, 3.05) is 24.2 Å². The van der Waals surface area contributed by atoms with Crippen LogP contribution in [0.25, 0.3) is 5.65 Å². The molecule has 0 radical (unpaired) electrons. The molecule has 0 saturated heterocycles. The van der Waals surface area contributed by atoms with Crippen molar-refractivity contribution in [2.24, 2.45) is 5.73 Å². The highest BCUT2D eigenvalue weighted by atomic mass is 16.1. The Labute approximate surface area is 91.7 Å². The minimum absolute atomic E-state index is 0.0304. The zero-order valence-corrected chi connectivity index (χ0v) is 8.77. The number of nitrogens with one attached hydrogen (secondary N) is 2. The van der Waals surface area contributed by atoms with Gasteiger partial charge in [-0.15, -0.1) is 0 Å². The van der Waals surface area contributed by atoms with E-state index in [4.69, 9.17) is 5.73 Å². The monoisotopic (exact) mass is 220 g/mol. The molecular weight excluding hydrogens is 208 g/mol. The average Bonchev–Trinajstić information content (AvgIpc) is 2.73. The molecule has 4 N–H and O–H groups in total. The van der Waals surface area contributed by atoms with Gasteiger partial charge in [-0.25, -0.2) is 9.97 Å². The minimum atomic E-state index is -0.443. The van der Waals surface area contributed by atoms with Gasteiger partial charge >= 0.3 is 0 Å². The summed E-state index contributed by atoms with van der Waals surface area (Å²) in [6, 6.07) is 0. The number of rotatable bonds is 4. The van der Waals surface area contributed by atoms with E-state index in [2.05, 4.69) is 20.6 Å². The predicted octanol–water partition coefficient (Wildman–Crippen LogP) is -0.332. The number of carbonyl (C=O) groups excluding carboxylic acids is 1. The molecule has 0 aromatic carbocycles. The Bertz CT molecular complexity index is 520. The van der Waals surface area contributed by atoms with Gasteiger partial charge in [0.15, 0.2) is 11.5 Å². The van der Waals surface area contributed by atoms with E-state index in [1.165, 1.54) is 0 Å². The summed E-state index contributed by atoms with van der Waals surface area (Å²) in [5, 5.41) is 5.76. The highest BCUT2D eigenvalue weighted by Gasteiger charge is 2.06. The summed E-state index contributed by atoms with van der Waals surface area (Å²) in [4.78, 5) is 19.1. The van der Waals surface area contributed by atoms with Crippen molar-refractivity contribution >= 4 is 23.2 Å². The molecule has 2 aromatic heterocycles. The van der Waals surface area contributed by atoms with Gasteiger partial charge in [0.25, 0.3) is 0 Å². The average molecular weight is 220 g/mol. The quantitative estimate of drug-likeness (QED) is 0.655. The third-order valence-corrected chi connectivity index (χ3v) is 2.06. The van der Waals surface area contributed by atoms with Crippen LogP contribution in [0.15, 0.2) is 18.6 Å². The SMILES string of the molecule is CNc1cn2ccnc2c(NCC(N)=O)n1. The summed E-state index contributed by atoms with van der Waals surface area (Å²) >= 11 is 0. The fourth-order valence-corrected chi connectivity index (χ4v) is 1.34. The summed E-state index contributed by atoms with van der Waals surface area (Å²) in [5.41, 5.74) is 5.71. The lowest BCUT2D eigenvalue weighted by Crippen LogP contribution is -2.22. The normalized spacial score (nSPS) is 10.3. The van der Waals surface area contributed by atoms with E-state index in [1.54, 1.807) is 25.6 Å². The molecule has 0 fully saturated rings. The summed E-state index contributed by atoms with van der Waals surface area (Å²) in [6.45, 7) is 0.0304. The van der Waals surface area contributed by atoms with Crippen molar-refractivity contribution in [1.29, 1.82) is 0 Å². The van der Waals surface area contributed by atoms with Crippen LogP contribution in [-0.2, 0) is 4.79 Å². The third-order valence-electron chi connectivity index (χ3n) is 2.06. The Hall–Kier alpha value is -2.31. The van der Waals surface area contributed by atoms with Crippen LogP contribution in [0.5, 0.6) is 0 Å². The fourth-order valence-electron chi connectivity index (χ4n) is 1.34. The van der Waals surface area contributed by atoms with Crippen LogP contribution in [0.4, 0.5) is 11.6 Å². The lowest BCUT2D eigenvalue weighted by molar-refractivity contribution is -0.116. The van der Waals surface area contributed by atoms with Gasteiger partial charge in [0, 0.05) is 19.4 Å². The molecule has 0 aliphatic heterocycles. The number of nitrogens with zero attached hydrogens (tertiary/aromatic N) is 3. The first-order valence-electron chi connectivity index (χ1n) is 4.74. The topological polar surface area (TPSA) is 97.3 Å². The fraction of sp³-hybridized carbons (Fsp3) is 0.222. The Morgan fingerprint density at radius 3 is 3.12 bits per heavy atom. The Balaban J connectivity index is 2.40. The first-order chi connectivity index (χ1) is 7.70. The minimum Gasteiger partial charge on any atom is -0.372 e. The molecule has 0 bridgehead atoms. The maximum Gasteiger partial charge on any atom is 0.236 e. The summed E-state index contributed by atoms with van der Waals surface area (Å²) < 4.78 is 1.81. The van der Waals surface area contributed by atoms with Gasteiger partial charge in [-0.2, -0.15) is 0 Å². The lowest BCUT2D eigenvalue weighted by Gasteiger charge is -2.07. The molecule has 0 atom stereocenters. The van der Waals surface area contributed by atoms with Gasteiger partial charge in [-0.05, 0) is 0 Å². The molecule has 7 heteroatoms. The van der Waals surface area contributed by atoms with Crippen molar-refractivity contribution in [3.63, 3.8) is 0 Å². The molecule has 2 heterocycles. The summed E-state index contributed by atoms with van der Waals surface area (Å²) in [7, 11) is 1.77. The van der Waals surface area contributed by atoms with Crippen LogP contribution in [0.3, 0.4) is 0 Å². The van der Waals surface area contributed by atoms with Crippen LogP contribution < -0.4 is 16.4 Å². The van der Waals surface area contributed by atoms with E-state index >= 15 is 0 Å². The van der Waals surface area contributed by atoms with Crippen LogP contribution in [0.2, 0.25) is 0 Å². The molecule has 2 aromatic rings. The molecule has 0 unspecified atom stereocenters. The summed E-state index contributed by atoms with van der Waals surface area (Å²) in [6.07, 6.45) is 5.26. The smallest absolute Gasteiger partial charge is 0.236 e. The molecule has 7 nitrogen and oxygen atoms in total. The second-order valence-corrected chi connectivity index (χ2v) is 3.20. The van der Waals surface area contributed by atoms with E-state index in [-0.39, 0.29) is 6.54 Å². The van der Waals surface area contributed by atoms with E-state index in [0.717, 1.165) is 0 Å². The van der Waals surface area contributed by atoms with Crippen molar-refractivity contribution in [3.05, 3.63) is 18.6 Å².